The first-order valence-electron chi connectivity index (χ1n) is 13.9. The van der Waals surface area contributed by atoms with Gasteiger partial charge in [-0.15, -0.1) is 11.8 Å². The number of hydrogen-bond donors (Lipinski definition) is 2. The van der Waals surface area contributed by atoms with Gasteiger partial charge in [-0.25, -0.2) is 14.4 Å². The van der Waals surface area contributed by atoms with Gasteiger partial charge in [-0.2, -0.15) is 0 Å². The second-order valence-corrected chi connectivity index (χ2v) is 11.5. The SMILES string of the molecule is CCCOc1ccc(Oc2ncccn2)cc1CC(=O)N[C@H](C(=O)N[C@@H](C)C(=O)CSCc1c(F)cccc1Cl)C(C)C. The minimum absolute atomic E-state index is 0.0534. The van der Waals surface area contributed by atoms with E-state index in [0.717, 1.165) is 6.42 Å². The van der Waals surface area contributed by atoms with Gasteiger partial charge in [0, 0.05) is 34.3 Å². The quantitative estimate of drug-likeness (QED) is 0.212. The molecule has 0 spiro atoms. The Bertz CT molecular complexity index is 1380. The lowest BCUT2D eigenvalue weighted by molar-refractivity contribution is -0.131. The first-order chi connectivity index (χ1) is 20.6. The number of ether oxygens (including phenoxy) is 2. The molecule has 0 radical (unpaired) electrons. The van der Waals surface area contributed by atoms with E-state index in [0.29, 0.717) is 34.3 Å². The van der Waals surface area contributed by atoms with Gasteiger partial charge < -0.3 is 20.1 Å². The molecule has 0 aliphatic rings. The summed E-state index contributed by atoms with van der Waals surface area (Å²) in [6, 6.07) is 9.67. The highest BCUT2D eigenvalue weighted by Crippen LogP contribution is 2.28. The van der Waals surface area contributed by atoms with Crippen molar-refractivity contribution < 1.29 is 28.2 Å². The number of nitrogens with one attached hydrogen (secondary N) is 2. The summed E-state index contributed by atoms with van der Waals surface area (Å²) < 4.78 is 25.6. The van der Waals surface area contributed by atoms with Crippen molar-refractivity contribution in [2.45, 2.75) is 58.4 Å². The maximum atomic E-state index is 14.0. The summed E-state index contributed by atoms with van der Waals surface area (Å²) in [5.41, 5.74) is 0.896. The van der Waals surface area contributed by atoms with Crippen LogP contribution in [0.3, 0.4) is 0 Å². The van der Waals surface area contributed by atoms with Crippen LogP contribution >= 0.6 is 23.4 Å². The second-order valence-electron chi connectivity index (χ2n) is 10.1. The van der Waals surface area contributed by atoms with Crippen molar-refractivity contribution in [3.05, 3.63) is 76.8 Å². The third-order valence-electron chi connectivity index (χ3n) is 6.26. The molecule has 0 saturated carbocycles. The predicted octanol–water partition coefficient (Wildman–Crippen LogP) is 5.54. The Kier molecular flexibility index (Phi) is 13.2. The zero-order valence-electron chi connectivity index (χ0n) is 24.6. The van der Waals surface area contributed by atoms with Crippen LogP contribution in [0.4, 0.5) is 4.39 Å². The Morgan fingerprint density at radius 3 is 2.47 bits per heavy atom. The molecule has 0 aliphatic heterocycles. The number of carbonyl (C=O) groups excluding carboxylic acids is 3. The molecule has 0 aliphatic carbocycles. The molecule has 43 heavy (non-hydrogen) atoms. The fraction of sp³-hybridized carbons (Fsp3) is 0.387. The zero-order chi connectivity index (χ0) is 31.4. The normalized spacial score (nSPS) is 12.3. The van der Waals surface area contributed by atoms with Crippen LogP contribution in [0.25, 0.3) is 0 Å². The van der Waals surface area contributed by atoms with E-state index in [1.807, 2.05) is 6.92 Å². The number of nitrogens with zero attached hydrogens (tertiary/aromatic N) is 2. The monoisotopic (exact) mass is 630 g/mol. The molecule has 230 valence electrons. The molecule has 1 aromatic heterocycles. The van der Waals surface area contributed by atoms with Gasteiger partial charge in [-0.1, -0.05) is 38.4 Å². The number of benzene rings is 2. The van der Waals surface area contributed by atoms with Crippen LogP contribution < -0.4 is 20.1 Å². The summed E-state index contributed by atoms with van der Waals surface area (Å²) in [5.74, 6) is -0.587. The summed E-state index contributed by atoms with van der Waals surface area (Å²) in [7, 11) is 0. The number of aromatic nitrogens is 2. The van der Waals surface area contributed by atoms with Crippen LogP contribution in [0, 0.1) is 11.7 Å². The molecule has 0 unspecified atom stereocenters. The van der Waals surface area contributed by atoms with E-state index in [1.54, 1.807) is 63.5 Å². The maximum absolute atomic E-state index is 14.0. The molecule has 2 atom stereocenters. The number of halogens is 2. The molecule has 9 nitrogen and oxygen atoms in total. The molecular formula is C31H36ClFN4O5S. The smallest absolute Gasteiger partial charge is 0.321 e. The highest BCUT2D eigenvalue weighted by atomic mass is 35.5. The highest BCUT2D eigenvalue weighted by molar-refractivity contribution is 7.99. The first-order valence-corrected chi connectivity index (χ1v) is 15.5. The van der Waals surface area contributed by atoms with E-state index in [9.17, 15) is 18.8 Å². The molecule has 0 saturated heterocycles. The van der Waals surface area contributed by atoms with Gasteiger partial charge in [0.2, 0.25) is 11.8 Å². The predicted molar refractivity (Wildman–Crippen MR) is 165 cm³/mol. The van der Waals surface area contributed by atoms with Crippen LogP contribution in [0.1, 0.15) is 45.2 Å². The lowest BCUT2D eigenvalue weighted by atomic mass is 10.0. The molecule has 0 fully saturated rings. The van der Waals surface area contributed by atoms with Crippen molar-refractivity contribution >= 4 is 41.0 Å². The van der Waals surface area contributed by atoms with Gasteiger partial charge in [-0.3, -0.25) is 14.4 Å². The molecular weight excluding hydrogens is 595 g/mol. The molecule has 12 heteroatoms. The fourth-order valence-electron chi connectivity index (χ4n) is 3.92. The van der Waals surface area contributed by atoms with Crippen LogP contribution in [0.5, 0.6) is 17.5 Å². The third-order valence-corrected chi connectivity index (χ3v) is 7.59. The van der Waals surface area contributed by atoms with Crippen molar-refractivity contribution in [1.82, 2.24) is 20.6 Å². The van der Waals surface area contributed by atoms with Crippen LogP contribution in [-0.4, -0.2) is 52.0 Å². The summed E-state index contributed by atoms with van der Waals surface area (Å²) in [6.07, 6.45) is 3.82. The number of carbonyl (C=O) groups is 3. The molecule has 3 rings (SSSR count). The number of rotatable bonds is 16. The number of thioether (sulfide) groups is 1. The average molecular weight is 631 g/mol. The van der Waals surface area contributed by atoms with Gasteiger partial charge in [-0.05, 0) is 55.7 Å². The Labute approximate surface area is 260 Å². The summed E-state index contributed by atoms with van der Waals surface area (Å²) in [5, 5.41) is 5.79. The Hall–Kier alpha value is -3.70. The minimum Gasteiger partial charge on any atom is -0.493 e. The number of hydrogen-bond acceptors (Lipinski definition) is 8. The number of ketones is 1. The van der Waals surface area contributed by atoms with E-state index in [1.165, 1.54) is 23.9 Å². The molecule has 3 aromatic rings. The topological polar surface area (TPSA) is 120 Å². The Balaban J connectivity index is 1.60. The van der Waals surface area contributed by atoms with Crippen LogP contribution in [-0.2, 0) is 26.6 Å². The van der Waals surface area contributed by atoms with E-state index in [2.05, 4.69) is 20.6 Å². The van der Waals surface area contributed by atoms with Crippen molar-refractivity contribution in [2.24, 2.45) is 5.92 Å². The standard InChI is InChI=1S/C31H36ClFN4O5S/c1-5-14-41-27-11-10-22(42-31-34-12-7-13-35-31)15-21(27)16-28(39)37-29(19(2)3)30(40)36-20(4)26(38)18-43-17-23-24(32)8-6-9-25(23)33/h6-13,15,19-20,29H,5,14,16-18H2,1-4H3,(H,36,40)(H,37,39)/t20-,29-/m0/s1. The molecule has 1 heterocycles. The van der Waals surface area contributed by atoms with E-state index in [-0.39, 0.29) is 35.6 Å². The van der Waals surface area contributed by atoms with E-state index >= 15 is 0 Å². The third kappa shape index (κ3) is 10.5. The molecule has 2 amide bonds. The van der Waals surface area contributed by atoms with E-state index in [4.69, 9.17) is 21.1 Å². The average Bonchev–Trinajstić information content (AvgIpc) is 2.97. The fourth-order valence-corrected chi connectivity index (χ4v) is 5.28. The van der Waals surface area contributed by atoms with Gasteiger partial charge in [0.15, 0.2) is 5.78 Å². The molecule has 2 aromatic carbocycles. The summed E-state index contributed by atoms with van der Waals surface area (Å²) >= 11 is 7.26. The van der Waals surface area contributed by atoms with Crippen LogP contribution in [0.15, 0.2) is 54.9 Å². The highest BCUT2D eigenvalue weighted by Gasteiger charge is 2.27. The Morgan fingerprint density at radius 1 is 1.05 bits per heavy atom. The maximum Gasteiger partial charge on any atom is 0.321 e. The lowest BCUT2D eigenvalue weighted by Gasteiger charge is -2.24. The van der Waals surface area contributed by atoms with Crippen molar-refractivity contribution in [1.29, 1.82) is 0 Å². The molecule has 2 N–H and O–H groups in total. The number of Topliss-reactive ketones (excluding diaryl/α,β-unsaturated/α-hetero) is 1. The second kappa shape index (κ2) is 16.8. The van der Waals surface area contributed by atoms with Gasteiger partial charge in [0.1, 0.15) is 23.4 Å². The van der Waals surface area contributed by atoms with Crippen LogP contribution in [0.2, 0.25) is 5.02 Å². The van der Waals surface area contributed by atoms with Gasteiger partial charge >= 0.3 is 6.01 Å². The van der Waals surface area contributed by atoms with E-state index < -0.39 is 29.7 Å². The summed E-state index contributed by atoms with van der Waals surface area (Å²) in [4.78, 5) is 47.1. The zero-order valence-corrected chi connectivity index (χ0v) is 26.1. The van der Waals surface area contributed by atoms with Gasteiger partial charge in [0.05, 0.1) is 24.8 Å². The first kappa shape index (κ1) is 33.8. The minimum atomic E-state index is -0.884. The molecule has 0 bridgehead atoms. The largest absolute Gasteiger partial charge is 0.493 e. The number of amides is 2. The van der Waals surface area contributed by atoms with Crippen molar-refractivity contribution in [3.8, 4) is 17.5 Å². The van der Waals surface area contributed by atoms with Crippen molar-refractivity contribution in [3.63, 3.8) is 0 Å². The van der Waals surface area contributed by atoms with Crippen molar-refractivity contribution in [2.75, 3.05) is 12.4 Å². The Morgan fingerprint density at radius 2 is 1.79 bits per heavy atom. The summed E-state index contributed by atoms with van der Waals surface area (Å²) in [6.45, 7) is 7.62. The van der Waals surface area contributed by atoms with Gasteiger partial charge in [0.25, 0.3) is 0 Å². The lowest BCUT2D eigenvalue weighted by Crippen LogP contribution is -2.53.